The highest BCUT2D eigenvalue weighted by molar-refractivity contribution is 5.74. The molecule has 0 spiro atoms. The molecule has 1 aliphatic carbocycles. The third kappa shape index (κ3) is 5.47. The summed E-state index contributed by atoms with van der Waals surface area (Å²) in [6, 6.07) is 0.770. The molecule has 1 heterocycles. The lowest BCUT2D eigenvalue weighted by atomic mass is 9.96. The maximum Gasteiger partial charge on any atom is 0.315 e. The molecule has 1 atom stereocenters. The van der Waals surface area contributed by atoms with Gasteiger partial charge in [0.1, 0.15) is 0 Å². The number of ether oxygens (including phenoxy) is 1. The van der Waals surface area contributed by atoms with E-state index in [0.717, 1.165) is 45.7 Å². The lowest BCUT2D eigenvalue weighted by molar-refractivity contribution is 0.00717. The smallest absolute Gasteiger partial charge is 0.315 e. The third-order valence-corrected chi connectivity index (χ3v) is 4.70. The monoisotopic (exact) mass is 297 g/mol. The molecule has 21 heavy (non-hydrogen) atoms. The van der Waals surface area contributed by atoms with Crippen LogP contribution >= 0.6 is 0 Å². The lowest BCUT2D eigenvalue weighted by Crippen LogP contribution is -2.53. The van der Waals surface area contributed by atoms with Crippen molar-refractivity contribution in [2.24, 2.45) is 5.92 Å². The first-order chi connectivity index (χ1) is 10.2. The molecule has 2 rings (SSSR count). The van der Waals surface area contributed by atoms with Gasteiger partial charge in [-0.2, -0.15) is 0 Å². The van der Waals surface area contributed by atoms with Crippen LogP contribution in [0.4, 0.5) is 4.79 Å². The molecule has 0 bridgehead atoms. The molecule has 122 valence electrons. The fourth-order valence-corrected chi connectivity index (χ4v) is 3.38. The summed E-state index contributed by atoms with van der Waals surface area (Å²) in [7, 11) is 0. The Morgan fingerprint density at radius 3 is 2.48 bits per heavy atom. The minimum Gasteiger partial charge on any atom is -0.379 e. The highest BCUT2D eigenvalue weighted by Gasteiger charge is 2.24. The second-order valence-corrected chi connectivity index (χ2v) is 6.65. The van der Waals surface area contributed by atoms with Gasteiger partial charge in [-0.1, -0.05) is 33.1 Å². The standard InChI is InChI=1S/C16H31N3O2/c1-13(2)15(19-8-10-21-11-9-19)12-17-16(20)18-14-6-4-3-5-7-14/h13-15H,3-12H2,1-2H3,(H2,17,18,20). The molecule has 0 aromatic heterocycles. The highest BCUT2D eigenvalue weighted by atomic mass is 16.5. The van der Waals surface area contributed by atoms with E-state index in [4.69, 9.17) is 4.74 Å². The first-order valence-electron chi connectivity index (χ1n) is 8.53. The summed E-state index contributed by atoms with van der Waals surface area (Å²) in [4.78, 5) is 14.5. The van der Waals surface area contributed by atoms with Crippen LogP contribution in [0.5, 0.6) is 0 Å². The molecule has 1 saturated heterocycles. The topological polar surface area (TPSA) is 53.6 Å². The normalized spacial score (nSPS) is 23.0. The predicted octanol–water partition coefficient (Wildman–Crippen LogP) is 1.98. The van der Waals surface area contributed by atoms with Crippen LogP contribution in [0.2, 0.25) is 0 Å². The zero-order valence-electron chi connectivity index (χ0n) is 13.6. The molecular formula is C16H31N3O2. The molecule has 2 amide bonds. The Morgan fingerprint density at radius 2 is 1.86 bits per heavy atom. The van der Waals surface area contributed by atoms with Crippen molar-refractivity contribution in [3.63, 3.8) is 0 Å². The number of nitrogens with one attached hydrogen (secondary N) is 2. The van der Waals surface area contributed by atoms with Crippen molar-refractivity contribution in [3.05, 3.63) is 0 Å². The van der Waals surface area contributed by atoms with Crippen LogP contribution in [0.1, 0.15) is 46.0 Å². The molecule has 1 saturated carbocycles. The van der Waals surface area contributed by atoms with Crippen LogP contribution < -0.4 is 10.6 Å². The van der Waals surface area contributed by atoms with Crippen molar-refractivity contribution in [2.45, 2.75) is 58.0 Å². The summed E-state index contributed by atoms with van der Waals surface area (Å²) in [6.07, 6.45) is 6.06. The number of carbonyl (C=O) groups excluding carboxylic acids is 1. The van der Waals surface area contributed by atoms with E-state index in [-0.39, 0.29) is 6.03 Å². The average Bonchev–Trinajstić information content (AvgIpc) is 2.49. The fraction of sp³-hybridized carbons (Fsp3) is 0.938. The molecule has 0 radical (unpaired) electrons. The van der Waals surface area contributed by atoms with Crippen molar-refractivity contribution in [3.8, 4) is 0 Å². The molecule has 2 fully saturated rings. The van der Waals surface area contributed by atoms with Gasteiger partial charge < -0.3 is 15.4 Å². The Hall–Kier alpha value is -0.810. The Bertz CT molecular complexity index is 311. The van der Waals surface area contributed by atoms with Gasteiger partial charge in [-0.05, 0) is 18.8 Å². The van der Waals surface area contributed by atoms with Crippen molar-refractivity contribution in [1.82, 2.24) is 15.5 Å². The van der Waals surface area contributed by atoms with Gasteiger partial charge in [0.25, 0.3) is 0 Å². The number of nitrogens with zero attached hydrogens (tertiary/aromatic N) is 1. The molecule has 1 aliphatic heterocycles. The molecule has 0 aromatic carbocycles. The second kappa shape index (κ2) is 8.59. The molecule has 5 heteroatoms. The maximum absolute atomic E-state index is 12.1. The molecule has 1 unspecified atom stereocenters. The summed E-state index contributed by atoms with van der Waals surface area (Å²) < 4.78 is 5.41. The number of rotatable bonds is 5. The van der Waals surface area contributed by atoms with E-state index in [1.54, 1.807) is 0 Å². The molecular weight excluding hydrogens is 266 g/mol. The number of amides is 2. The summed E-state index contributed by atoms with van der Waals surface area (Å²) >= 11 is 0. The van der Waals surface area contributed by atoms with Crippen LogP contribution in [0.15, 0.2) is 0 Å². The Balaban J connectivity index is 1.73. The van der Waals surface area contributed by atoms with Gasteiger partial charge >= 0.3 is 6.03 Å². The number of morpholine rings is 1. The Kier molecular flexibility index (Phi) is 6.77. The van der Waals surface area contributed by atoms with Gasteiger partial charge in [-0.3, -0.25) is 4.90 Å². The van der Waals surface area contributed by atoms with E-state index in [9.17, 15) is 4.79 Å². The van der Waals surface area contributed by atoms with Crippen molar-refractivity contribution in [1.29, 1.82) is 0 Å². The molecule has 0 aromatic rings. The summed E-state index contributed by atoms with van der Waals surface area (Å²) in [6.45, 7) is 8.70. The van der Waals surface area contributed by atoms with Gasteiger partial charge in [0, 0.05) is 31.7 Å². The summed E-state index contributed by atoms with van der Waals surface area (Å²) in [5, 5.41) is 6.20. The van der Waals surface area contributed by atoms with Crippen molar-refractivity contribution >= 4 is 6.03 Å². The first kappa shape index (κ1) is 16.6. The molecule has 2 aliphatic rings. The fourth-order valence-electron chi connectivity index (χ4n) is 3.38. The number of hydrogen-bond acceptors (Lipinski definition) is 3. The third-order valence-electron chi connectivity index (χ3n) is 4.70. The van der Waals surface area contributed by atoms with Gasteiger partial charge in [-0.15, -0.1) is 0 Å². The van der Waals surface area contributed by atoms with E-state index in [2.05, 4.69) is 29.4 Å². The van der Waals surface area contributed by atoms with Crippen LogP contribution in [0, 0.1) is 5.92 Å². The number of carbonyl (C=O) groups is 1. The minimum absolute atomic E-state index is 0.000749. The summed E-state index contributed by atoms with van der Waals surface area (Å²) in [5.74, 6) is 0.526. The Morgan fingerprint density at radius 1 is 1.19 bits per heavy atom. The highest BCUT2D eigenvalue weighted by Crippen LogP contribution is 2.17. The van der Waals surface area contributed by atoms with E-state index >= 15 is 0 Å². The van der Waals surface area contributed by atoms with Crippen LogP contribution in [-0.4, -0.2) is 55.9 Å². The zero-order chi connectivity index (χ0) is 15.1. The van der Waals surface area contributed by atoms with E-state index in [1.165, 1.54) is 19.3 Å². The van der Waals surface area contributed by atoms with Gasteiger partial charge in [0.2, 0.25) is 0 Å². The van der Waals surface area contributed by atoms with E-state index < -0.39 is 0 Å². The van der Waals surface area contributed by atoms with E-state index in [1.807, 2.05) is 0 Å². The number of hydrogen-bond donors (Lipinski definition) is 2. The predicted molar refractivity (Wildman–Crippen MR) is 84.4 cm³/mol. The minimum atomic E-state index is 0.000749. The number of urea groups is 1. The molecule has 5 nitrogen and oxygen atoms in total. The molecule has 2 N–H and O–H groups in total. The maximum atomic E-state index is 12.1. The summed E-state index contributed by atoms with van der Waals surface area (Å²) in [5.41, 5.74) is 0. The zero-order valence-corrected chi connectivity index (χ0v) is 13.6. The largest absolute Gasteiger partial charge is 0.379 e. The lowest BCUT2D eigenvalue weighted by Gasteiger charge is -2.37. The van der Waals surface area contributed by atoms with Crippen LogP contribution in [0.25, 0.3) is 0 Å². The van der Waals surface area contributed by atoms with Gasteiger partial charge in [-0.25, -0.2) is 4.79 Å². The van der Waals surface area contributed by atoms with Gasteiger partial charge in [0.05, 0.1) is 13.2 Å². The second-order valence-electron chi connectivity index (χ2n) is 6.65. The van der Waals surface area contributed by atoms with Crippen LogP contribution in [-0.2, 0) is 4.74 Å². The van der Waals surface area contributed by atoms with Crippen molar-refractivity contribution in [2.75, 3.05) is 32.8 Å². The van der Waals surface area contributed by atoms with Crippen LogP contribution in [0.3, 0.4) is 0 Å². The van der Waals surface area contributed by atoms with Gasteiger partial charge in [0.15, 0.2) is 0 Å². The average molecular weight is 297 g/mol. The first-order valence-corrected chi connectivity index (χ1v) is 8.53. The SMILES string of the molecule is CC(C)C(CNC(=O)NC1CCCCC1)N1CCOCC1. The quantitative estimate of drug-likeness (QED) is 0.816. The van der Waals surface area contributed by atoms with E-state index in [0.29, 0.717) is 18.0 Å². The van der Waals surface area contributed by atoms with Crippen molar-refractivity contribution < 1.29 is 9.53 Å². The Labute approximate surface area is 128 Å².